The summed E-state index contributed by atoms with van der Waals surface area (Å²) in [6.07, 6.45) is 2.80. The van der Waals surface area contributed by atoms with Gasteiger partial charge in [-0.05, 0) is 36.4 Å². The second kappa shape index (κ2) is 8.15. The van der Waals surface area contributed by atoms with Crippen molar-refractivity contribution >= 4 is 21.6 Å². The number of nitrogens with zero attached hydrogens (tertiary/aromatic N) is 2. The van der Waals surface area contributed by atoms with Crippen LogP contribution in [0.25, 0.3) is 0 Å². The molecule has 112 valence electrons. The number of likely N-dealkylation sites (N-methyl/N-ethyl adjacent to an activating group) is 1. The molecule has 1 heterocycles. The second-order valence-corrected chi connectivity index (χ2v) is 5.90. The number of nitrogens with one attached hydrogen (secondary N) is 1. The average molecular weight is 348 g/mol. The zero-order valence-corrected chi connectivity index (χ0v) is 14.2. The molecule has 0 saturated carbocycles. The van der Waals surface area contributed by atoms with Gasteiger partial charge in [0.1, 0.15) is 0 Å². The lowest BCUT2D eigenvalue weighted by Gasteiger charge is -2.20. The molecule has 0 saturated heterocycles. The predicted octanol–water partition coefficient (Wildman–Crippen LogP) is 3.63. The zero-order valence-electron chi connectivity index (χ0n) is 12.6. The summed E-state index contributed by atoms with van der Waals surface area (Å²) in [5.74, 6) is 0. The quantitative estimate of drug-likeness (QED) is 0.828. The number of benzene rings is 1. The highest BCUT2D eigenvalue weighted by Gasteiger charge is 2.05. The van der Waals surface area contributed by atoms with E-state index in [4.69, 9.17) is 0 Å². The molecule has 1 aromatic carbocycles. The van der Waals surface area contributed by atoms with Gasteiger partial charge in [0.25, 0.3) is 0 Å². The molecule has 2 aromatic rings. The van der Waals surface area contributed by atoms with Gasteiger partial charge < -0.3 is 10.2 Å². The number of pyridine rings is 1. The Bertz CT molecular complexity index is 557. The third kappa shape index (κ3) is 4.83. The van der Waals surface area contributed by atoms with Gasteiger partial charge in [0.2, 0.25) is 0 Å². The van der Waals surface area contributed by atoms with Crippen LogP contribution < -0.4 is 10.2 Å². The van der Waals surface area contributed by atoms with Crippen LogP contribution in [-0.4, -0.2) is 25.1 Å². The summed E-state index contributed by atoms with van der Waals surface area (Å²) >= 11 is 3.66. The number of hydrogen-bond acceptors (Lipinski definition) is 3. The molecule has 0 amide bonds. The molecule has 0 aliphatic carbocycles. The minimum atomic E-state index is 0.898. The highest BCUT2D eigenvalue weighted by Crippen LogP contribution is 2.23. The van der Waals surface area contributed by atoms with Crippen molar-refractivity contribution in [3.05, 3.63) is 58.3 Å². The molecule has 0 spiro atoms. The maximum atomic E-state index is 4.37. The highest BCUT2D eigenvalue weighted by molar-refractivity contribution is 9.10. The molecule has 3 nitrogen and oxygen atoms in total. The van der Waals surface area contributed by atoms with Gasteiger partial charge in [0, 0.05) is 48.6 Å². The summed E-state index contributed by atoms with van der Waals surface area (Å²) in [4.78, 5) is 6.63. The molecule has 1 N–H and O–H groups in total. The molecule has 0 aliphatic heterocycles. The zero-order chi connectivity index (χ0) is 15.1. The van der Waals surface area contributed by atoms with Crippen LogP contribution >= 0.6 is 15.9 Å². The smallest absolute Gasteiger partial charge is 0.0421 e. The van der Waals surface area contributed by atoms with Crippen molar-refractivity contribution in [3.63, 3.8) is 0 Å². The lowest BCUT2D eigenvalue weighted by Crippen LogP contribution is -2.21. The van der Waals surface area contributed by atoms with Crippen molar-refractivity contribution in [2.45, 2.75) is 19.9 Å². The largest absolute Gasteiger partial charge is 0.374 e. The van der Waals surface area contributed by atoms with Gasteiger partial charge in [-0.1, -0.05) is 35.0 Å². The molecule has 0 aliphatic rings. The normalized spacial score (nSPS) is 10.6. The van der Waals surface area contributed by atoms with Crippen LogP contribution in [0.15, 0.2) is 47.1 Å². The van der Waals surface area contributed by atoms with Crippen LogP contribution in [0.3, 0.4) is 0 Å². The van der Waals surface area contributed by atoms with Crippen LogP contribution in [0.2, 0.25) is 0 Å². The van der Waals surface area contributed by atoms with Crippen molar-refractivity contribution < 1.29 is 0 Å². The standard InChI is InChI=1S/C17H22BrN3/c1-3-19-13-14-7-8-16(12-17(14)18)21(2)11-9-15-6-4-5-10-20-15/h4-8,10,12,19H,3,9,11,13H2,1-2H3. The Morgan fingerprint density at radius 2 is 2.10 bits per heavy atom. The maximum absolute atomic E-state index is 4.37. The maximum Gasteiger partial charge on any atom is 0.0421 e. The van der Waals surface area contributed by atoms with Crippen molar-refractivity contribution in [1.29, 1.82) is 0 Å². The van der Waals surface area contributed by atoms with Crippen molar-refractivity contribution in [3.8, 4) is 0 Å². The van der Waals surface area contributed by atoms with Crippen LogP contribution in [0.5, 0.6) is 0 Å². The second-order valence-electron chi connectivity index (χ2n) is 5.05. The molecule has 0 unspecified atom stereocenters. The van der Waals surface area contributed by atoms with E-state index in [9.17, 15) is 0 Å². The van der Waals surface area contributed by atoms with Crippen LogP contribution in [0, 0.1) is 0 Å². The third-order valence-corrected chi connectivity index (χ3v) is 4.21. The summed E-state index contributed by atoms with van der Waals surface area (Å²) in [7, 11) is 2.12. The van der Waals surface area contributed by atoms with Crippen LogP contribution in [0.1, 0.15) is 18.2 Å². The number of halogens is 1. The van der Waals surface area contributed by atoms with Gasteiger partial charge in [0.05, 0.1) is 0 Å². The van der Waals surface area contributed by atoms with E-state index in [0.29, 0.717) is 0 Å². The summed E-state index contributed by atoms with van der Waals surface area (Å²) < 4.78 is 1.16. The number of rotatable bonds is 7. The fourth-order valence-corrected chi connectivity index (χ4v) is 2.64. The van der Waals surface area contributed by atoms with E-state index in [2.05, 4.69) is 69.4 Å². The number of anilines is 1. The Balaban J connectivity index is 1.96. The monoisotopic (exact) mass is 347 g/mol. The van der Waals surface area contributed by atoms with Gasteiger partial charge in [-0.3, -0.25) is 4.98 Å². The molecule has 0 radical (unpaired) electrons. The van der Waals surface area contributed by atoms with E-state index in [1.54, 1.807) is 0 Å². The Hall–Kier alpha value is -1.39. The summed E-state index contributed by atoms with van der Waals surface area (Å²) in [5, 5.41) is 3.35. The minimum Gasteiger partial charge on any atom is -0.374 e. The van der Waals surface area contributed by atoms with Gasteiger partial charge in [0.15, 0.2) is 0 Å². The van der Waals surface area contributed by atoms with Gasteiger partial charge in [-0.2, -0.15) is 0 Å². The molecule has 2 rings (SSSR count). The molecule has 0 atom stereocenters. The topological polar surface area (TPSA) is 28.2 Å². The first-order valence-corrected chi connectivity index (χ1v) is 8.10. The lowest BCUT2D eigenvalue weighted by atomic mass is 10.2. The Morgan fingerprint density at radius 1 is 1.24 bits per heavy atom. The number of hydrogen-bond donors (Lipinski definition) is 1. The molecule has 0 fully saturated rings. The summed E-state index contributed by atoms with van der Waals surface area (Å²) in [5.41, 5.74) is 3.64. The fourth-order valence-electron chi connectivity index (χ4n) is 2.13. The van der Waals surface area contributed by atoms with Crippen molar-refractivity contribution in [2.75, 3.05) is 25.0 Å². The van der Waals surface area contributed by atoms with E-state index in [0.717, 1.165) is 36.2 Å². The van der Waals surface area contributed by atoms with Crippen molar-refractivity contribution in [1.82, 2.24) is 10.3 Å². The molecule has 21 heavy (non-hydrogen) atoms. The van der Waals surface area contributed by atoms with E-state index in [1.807, 2.05) is 18.3 Å². The van der Waals surface area contributed by atoms with Gasteiger partial charge in [-0.25, -0.2) is 0 Å². The minimum absolute atomic E-state index is 0.898. The van der Waals surface area contributed by atoms with Crippen LogP contribution in [-0.2, 0) is 13.0 Å². The SMILES string of the molecule is CCNCc1ccc(N(C)CCc2ccccn2)cc1Br. The number of aromatic nitrogens is 1. The van der Waals surface area contributed by atoms with E-state index in [-0.39, 0.29) is 0 Å². The Kier molecular flexibility index (Phi) is 6.21. The third-order valence-electron chi connectivity index (χ3n) is 3.47. The van der Waals surface area contributed by atoms with Gasteiger partial charge >= 0.3 is 0 Å². The first-order valence-electron chi connectivity index (χ1n) is 7.31. The van der Waals surface area contributed by atoms with E-state index < -0.39 is 0 Å². The Morgan fingerprint density at radius 3 is 2.76 bits per heavy atom. The molecular formula is C17H22BrN3. The molecule has 1 aromatic heterocycles. The van der Waals surface area contributed by atoms with Gasteiger partial charge in [-0.15, -0.1) is 0 Å². The predicted molar refractivity (Wildman–Crippen MR) is 92.7 cm³/mol. The Labute approximate surface area is 135 Å². The van der Waals surface area contributed by atoms with Crippen molar-refractivity contribution in [2.24, 2.45) is 0 Å². The lowest BCUT2D eigenvalue weighted by molar-refractivity contribution is 0.724. The molecule has 0 bridgehead atoms. The first kappa shape index (κ1) is 16.0. The fraction of sp³-hybridized carbons (Fsp3) is 0.353. The summed E-state index contributed by atoms with van der Waals surface area (Å²) in [6.45, 7) is 4.96. The highest BCUT2D eigenvalue weighted by atomic mass is 79.9. The average Bonchev–Trinajstić information content (AvgIpc) is 2.52. The van der Waals surface area contributed by atoms with Crippen LogP contribution in [0.4, 0.5) is 5.69 Å². The van der Waals surface area contributed by atoms with E-state index >= 15 is 0 Å². The van der Waals surface area contributed by atoms with E-state index in [1.165, 1.54) is 11.3 Å². The molecule has 4 heteroatoms. The molecular weight excluding hydrogens is 326 g/mol. The first-order chi connectivity index (χ1) is 10.2. The summed E-state index contributed by atoms with van der Waals surface area (Å²) in [6, 6.07) is 12.6.